The van der Waals surface area contributed by atoms with Crippen molar-refractivity contribution in [3.63, 3.8) is 0 Å². The molecule has 2 N–H and O–H groups in total. The third-order valence-electron chi connectivity index (χ3n) is 2.41. The van der Waals surface area contributed by atoms with E-state index < -0.39 is 0 Å². The monoisotopic (exact) mass is 205 g/mol. The maximum Gasteiger partial charge on any atom is 0.163 e. The molecule has 0 aliphatic rings. The lowest BCUT2D eigenvalue weighted by atomic mass is 10.2. The van der Waals surface area contributed by atoms with Crippen LogP contribution in [-0.4, -0.2) is 19.7 Å². The van der Waals surface area contributed by atoms with Crippen LogP contribution in [0.25, 0.3) is 11.0 Å². The van der Waals surface area contributed by atoms with Crippen LogP contribution in [0.5, 0.6) is 0 Å². The Bertz CT molecular complexity index is 486. The summed E-state index contributed by atoms with van der Waals surface area (Å²) in [7, 11) is 0. The molecule has 2 aromatic heterocycles. The molecule has 2 heterocycles. The van der Waals surface area contributed by atoms with Gasteiger partial charge in [0.05, 0.1) is 11.1 Å². The Balaban J connectivity index is 2.81. The number of anilines is 1. The van der Waals surface area contributed by atoms with Gasteiger partial charge in [0.2, 0.25) is 0 Å². The molecule has 5 nitrogen and oxygen atoms in total. The Morgan fingerprint density at radius 1 is 1.40 bits per heavy atom. The molecule has 80 valence electrons. The zero-order valence-electron chi connectivity index (χ0n) is 9.23. The molecule has 2 rings (SSSR count). The van der Waals surface area contributed by atoms with Gasteiger partial charge < -0.3 is 5.73 Å². The standard InChI is InChI=1S/C10H15N5/c1-4-7-8-9(11)12-5-13-10(8)15(14-7)6(2)3/h5-6H,4H2,1-3H3,(H2,11,12,13). The van der Waals surface area contributed by atoms with E-state index in [0.29, 0.717) is 5.82 Å². The minimum absolute atomic E-state index is 0.280. The first-order chi connectivity index (χ1) is 7.15. The van der Waals surface area contributed by atoms with E-state index in [-0.39, 0.29) is 6.04 Å². The highest BCUT2D eigenvalue weighted by Gasteiger charge is 2.15. The van der Waals surface area contributed by atoms with Crippen LogP contribution >= 0.6 is 0 Å². The van der Waals surface area contributed by atoms with E-state index in [0.717, 1.165) is 23.1 Å². The number of nitrogens with two attached hydrogens (primary N) is 1. The van der Waals surface area contributed by atoms with Crippen LogP contribution in [0.4, 0.5) is 5.82 Å². The van der Waals surface area contributed by atoms with E-state index >= 15 is 0 Å². The predicted molar refractivity (Wildman–Crippen MR) is 59.5 cm³/mol. The molecule has 0 saturated heterocycles. The predicted octanol–water partition coefficient (Wildman–Crippen LogP) is 1.55. The molecule has 0 radical (unpaired) electrons. The Morgan fingerprint density at radius 3 is 2.73 bits per heavy atom. The largest absolute Gasteiger partial charge is 0.383 e. The zero-order chi connectivity index (χ0) is 11.0. The molecular formula is C10H15N5. The lowest BCUT2D eigenvalue weighted by Crippen LogP contribution is -2.04. The average Bonchev–Trinajstić information content (AvgIpc) is 2.58. The second kappa shape index (κ2) is 3.49. The van der Waals surface area contributed by atoms with Crippen molar-refractivity contribution in [2.75, 3.05) is 5.73 Å². The van der Waals surface area contributed by atoms with E-state index in [1.54, 1.807) is 0 Å². The summed E-state index contributed by atoms with van der Waals surface area (Å²) < 4.78 is 1.90. The highest BCUT2D eigenvalue weighted by atomic mass is 15.3. The number of rotatable bonds is 2. The van der Waals surface area contributed by atoms with Crippen LogP contribution in [0.1, 0.15) is 32.5 Å². The summed E-state index contributed by atoms with van der Waals surface area (Å²) in [5.41, 5.74) is 7.64. The van der Waals surface area contributed by atoms with Crippen molar-refractivity contribution in [3.05, 3.63) is 12.0 Å². The van der Waals surface area contributed by atoms with Gasteiger partial charge in [-0.15, -0.1) is 0 Å². The number of hydrogen-bond acceptors (Lipinski definition) is 4. The summed E-state index contributed by atoms with van der Waals surface area (Å²) in [5, 5.41) is 5.40. The topological polar surface area (TPSA) is 69.6 Å². The molecule has 5 heteroatoms. The zero-order valence-corrected chi connectivity index (χ0v) is 9.23. The van der Waals surface area contributed by atoms with Crippen molar-refractivity contribution in [1.29, 1.82) is 0 Å². The molecule has 0 atom stereocenters. The highest BCUT2D eigenvalue weighted by molar-refractivity contribution is 5.88. The van der Waals surface area contributed by atoms with Crippen LogP contribution in [0.2, 0.25) is 0 Å². The lowest BCUT2D eigenvalue weighted by Gasteiger charge is -2.05. The number of aromatic nitrogens is 4. The normalized spacial score (nSPS) is 11.5. The van der Waals surface area contributed by atoms with Crippen molar-refractivity contribution in [2.24, 2.45) is 0 Å². The van der Waals surface area contributed by atoms with Crippen LogP contribution in [0.3, 0.4) is 0 Å². The maximum absolute atomic E-state index is 5.84. The van der Waals surface area contributed by atoms with Gasteiger partial charge in [0.1, 0.15) is 12.1 Å². The quantitative estimate of drug-likeness (QED) is 0.807. The fraction of sp³-hybridized carbons (Fsp3) is 0.500. The smallest absolute Gasteiger partial charge is 0.163 e. The summed E-state index contributed by atoms with van der Waals surface area (Å²) in [6.45, 7) is 6.20. The van der Waals surface area contributed by atoms with Gasteiger partial charge in [0.15, 0.2) is 5.65 Å². The molecule has 0 aliphatic carbocycles. The summed E-state index contributed by atoms with van der Waals surface area (Å²) in [6.07, 6.45) is 2.32. The summed E-state index contributed by atoms with van der Waals surface area (Å²) in [6, 6.07) is 0.280. The van der Waals surface area contributed by atoms with Crippen molar-refractivity contribution in [1.82, 2.24) is 19.7 Å². The lowest BCUT2D eigenvalue weighted by molar-refractivity contribution is 0.540. The highest BCUT2D eigenvalue weighted by Crippen LogP contribution is 2.23. The van der Waals surface area contributed by atoms with Crippen molar-refractivity contribution < 1.29 is 0 Å². The summed E-state index contributed by atoms with van der Waals surface area (Å²) in [4.78, 5) is 8.24. The third kappa shape index (κ3) is 1.44. The first kappa shape index (κ1) is 9.89. The molecule has 0 saturated carbocycles. The second-order valence-corrected chi connectivity index (χ2v) is 3.80. The van der Waals surface area contributed by atoms with Gasteiger partial charge in [0, 0.05) is 6.04 Å². The van der Waals surface area contributed by atoms with Crippen LogP contribution in [0.15, 0.2) is 6.33 Å². The molecular weight excluding hydrogens is 190 g/mol. The molecule has 0 aliphatic heterocycles. The molecule has 0 aromatic carbocycles. The SMILES string of the molecule is CCc1nn(C(C)C)c2ncnc(N)c12. The van der Waals surface area contributed by atoms with Crippen molar-refractivity contribution >= 4 is 16.9 Å². The molecule has 0 bridgehead atoms. The number of aryl methyl sites for hydroxylation is 1. The van der Waals surface area contributed by atoms with E-state index in [4.69, 9.17) is 5.73 Å². The molecule has 0 unspecified atom stereocenters. The van der Waals surface area contributed by atoms with Crippen molar-refractivity contribution in [3.8, 4) is 0 Å². The number of nitrogens with zero attached hydrogens (tertiary/aromatic N) is 4. The molecule has 0 fully saturated rings. The molecule has 0 spiro atoms. The van der Waals surface area contributed by atoms with Gasteiger partial charge >= 0.3 is 0 Å². The summed E-state index contributed by atoms with van der Waals surface area (Å²) in [5.74, 6) is 0.517. The van der Waals surface area contributed by atoms with Crippen LogP contribution in [-0.2, 0) is 6.42 Å². The van der Waals surface area contributed by atoms with Gasteiger partial charge in [-0.3, -0.25) is 0 Å². The van der Waals surface area contributed by atoms with Gasteiger partial charge in [-0.05, 0) is 20.3 Å². The first-order valence-corrected chi connectivity index (χ1v) is 5.12. The van der Waals surface area contributed by atoms with E-state index in [1.165, 1.54) is 6.33 Å². The van der Waals surface area contributed by atoms with E-state index in [9.17, 15) is 0 Å². The number of nitrogen functional groups attached to an aromatic ring is 1. The number of fused-ring (bicyclic) bond motifs is 1. The molecule has 0 amide bonds. The average molecular weight is 205 g/mol. The Labute approximate surface area is 88.3 Å². The number of hydrogen-bond donors (Lipinski definition) is 1. The van der Waals surface area contributed by atoms with Gasteiger partial charge in [0.25, 0.3) is 0 Å². The minimum Gasteiger partial charge on any atom is -0.383 e. The van der Waals surface area contributed by atoms with Crippen LogP contribution < -0.4 is 5.73 Å². The second-order valence-electron chi connectivity index (χ2n) is 3.80. The first-order valence-electron chi connectivity index (χ1n) is 5.12. The Hall–Kier alpha value is -1.65. The molecule has 2 aromatic rings. The fourth-order valence-corrected chi connectivity index (χ4v) is 1.67. The van der Waals surface area contributed by atoms with Gasteiger partial charge in [-0.1, -0.05) is 6.92 Å². The minimum atomic E-state index is 0.280. The van der Waals surface area contributed by atoms with Gasteiger partial charge in [-0.25, -0.2) is 14.6 Å². The molecule has 15 heavy (non-hydrogen) atoms. The Morgan fingerprint density at radius 2 is 2.13 bits per heavy atom. The van der Waals surface area contributed by atoms with E-state index in [1.807, 2.05) is 4.68 Å². The van der Waals surface area contributed by atoms with Gasteiger partial charge in [-0.2, -0.15) is 5.10 Å². The Kier molecular flexibility index (Phi) is 2.30. The maximum atomic E-state index is 5.84. The summed E-state index contributed by atoms with van der Waals surface area (Å²) >= 11 is 0. The van der Waals surface area contributed by atoms with E-state index in [2.05, 4.69) is 35.8 Å². The van der Waals surface area contributed by atoms with Crippen LogP contribution in [0, 0.1) is 0 Å². The fourth-order valence-electron chi connectivity index (χ4n) is 1.67. The third-order valence-corrected chi connectivity index (χ3v) is 2.41. The van der Waals surface area contributed by atoms with Crippen molar-refractivity contribution in [2.45, 2.75) is 33.2 Å².